The van der Waals surface area contributed by atoms with Crippen LogP contribution in [-0.2, 0) is 11.4 Å². The van der Waals surface area contributed by atoms with E-state index in [1.807, 2.05) is 42.5 Å². The summed E-state index contributed by atoms with van der Waals surface area (Å²) in [5.74, 6) is 0.345. The van der Waals surface area contributed by atoms with E-state index in [4.69, 9.17) is 16.3 Å². The molecular weight excluding hydrogens is 613 g/mol. The van der Waals surface area contributed by atoms with Gasteiger partial charge < -0.3 is 4.74 Å². The number of carbonyl (C=O) groups is 2. The first-order valence-electron chi connectivity index (χ1n) is 9.11. The summed E-state index contributed by atoms with van der Waals surface area (Å²) in [5, 5.41) is 0.204. The lowest BCUT2D eigenvalue weighted by Crippen LogP contribution is -2.27. The molecule has 0 atom stereocenters. The smallest absolute Gasteiger partial charge is 0.298 e. The Hall–Kier alpha value is -1.81. The second kappa shape index (κ2) is 9.77. The van der Waals surface area contributed by atoms with Crippen molar-refractivity contribution in [3.8, 4) is 5.75 Å². The Balaban J connectivity index is 1.49. The first-order chi connectivity index (χ1) is 14.9. The highest BCUT2D eigenvalue weighted by Gasteiger charge is 2.36. The summed E-state index contributed by atoms with van der Waals surface area (Å²) in [7, 11) is 0. The largest absolute Gasteiger partial charge is 0.488 e. The number of carbonyl (C=O) groups excluding carboxylic acids is 2. The van der Waals surface area contributed by atoms with E-state index < -0.39 is 0 Å². The van der Waals surface area contributed by atoms with Gasteiger partial charge in [-0.2, -0.15) is 0 Å². The molecule has 1 fully saturated rings. The van der Waals surface area contributed by atoms with E-state index in [9.17, 15) is 9.59 Å². The molecule has 0 saturated carbocycles. The summed E-state index contributed by atoms with van der Waals surface area (Å²) in [4.78, 5) is 26.7. The van der Waals surface area contributed by atoms with E-state index in [2.05, 4.69) is 38.5 Å². The molecule has 2 amide bonds. The number of amides is 2. The van der Waals surface area contributed by atoms with Crippen LogP contribution in [0.1, 0.15) is 11.1 Å². The van der Waals surface area contributed by atoms with Crippen LogP contribution in [0, 0.1) is 3.57 Å². The molecule has 1 heterocycles. The van der Waals surface area contributed by atoms with Crippen molar-refractivity contribution in [2.75, 3.05) is 4.90 Å². The molecule has 0 aromatic heterocycles. The molecule has 0 N–H and O–H groups in total. The second-order valence-corrected chi connectivity index (χ2v) is 10.1. The van der Waals surface area contributed by atoms with Crippen LogP contribution in [0.5, 0.6) is 5.75 Å². The lowest BCUT2D eigenvalue weighted by molar-refractivity contribution is -0.113. The van der Waals surface area contributed by atoms with Crippen LogP contribution in [0.15, 0.2) is 76.1 Å². The van der Waals surface area contributed by atoms with Crippen LogP contribution in [0.25, 0.3) is 6.08 Å². The van der Waals surface area contributed by atoms with E-state index in [0.717, 1.165) is 32.3 Å². The van der Waals surface area contributed by atoms with Crippen LogP contribution in [0.3, 0.4) is 0 Å². The molecule has 0 spiro atoms. The lowest BCUT2D eigenvalue weighted by Gasteiger charge is -2.12. The van der Waals surface area contributed by atoms with Gasteiger partial charge in [0.1, 0.15) is 12.4 Å². The second-order valence-electron chi connectivity index (χ2n) is 6.60. The molecule has 4 nitrogen and oxygen atoms in total. The Bertz CT molecular complexity index is 1180. The summed E-state index contributed by atoms with van der Waals surface area (Å²) in [6.45, 7) is 0.453. The van der Waals surface area contributed by atoms with Crippen molar-refractivity contribution in [1.29, 1.82) is 0 Å². The van der Waals surface area contributed by atoms with Crippen molar-refractivity contribution in [2.24, 2.45) is 0 Å². The molecule has 1 aliphatic heterocycles. The van der Waals surface area contributed by atoms with E-state index >= 15 is 0 Å². The average molecular weight is 627 g/mol. The van der Waals surface area contributed by atoms with E-state index in [1.165, 1.54) is 3.57 Å². The number of rotatable bonds is 5. The molecule has 31 heavy (non-hydrogen) atoms. The van der Waals surface area contributed by atoms with Gasteiger partial charge in [0.25, 0.3) is 11.1 Å². The predicted molar refractivity (Wildman–Crippen MR) is 138 cm³/mol. The van der Waals surface area contributed by atoms with Gasteiger partial charge in [0, 0.05) is 8.59 Å². The summed E-state index contributed by atoms with van der Waals surface area (Å²) < 4.78 is 7.84. The fraction of sp³-hybridized carbons (Fsp3) is 0.0435. The molecule has 8 heteroatoms. The zero-order chi connectivity index (χ0) is 22.0. The first kappa shape index (κ1) is 22.4. The van der Waals surface area contributed by atoms with E-state index in [-0.39, 0.29) is 11.1 Å². The fourth-order valence-corrected chi connectivity index (χ4v) is 4.74. The van der Waals surface area contributed by atoms with Crippen molar-refractivity contribution >= 4 is 84.8 Å². The minimum absolute atomic E-state index is 0.338. The molecule has 0 radical (unpaired) electrons. The number of imide groups is 1. The third kappa shape index (κ3) is 5.34. The van der Waals surface area contributed by atoms with Crippen LogP contribution in [-0.4, -0.2) is 11.1 Å². The molecule has 1 aliphatic rings. The predicted octanol–water partition coefficient (Wildman–Crippen LogP) is 7.53. The molecule has 4 rings (SSSR count). The lowest BCUT2D eigenvalue weighted by atomic mass is 10.2. The maximum Gasteiger partial charge on any atom is 0.298 e. The Morgan fingerprint density at radius 2 is 1.74 bits per heavy atom. The van der Waals surface area contributed by atoms with Crippen LogP contribution in [0.2, 0.25) is 5.02 Å². The number of ether oxygens (including phenoxy) is 1. The first-order valence-corrected chi connectivity index (χ1v) is 12.2. The Kier molecular flexibility index (Phi) is 7.05. The number of nitrogens with zero attached hydrogens (tertiary/aromatic N) is 1. The van der Waals surface area contributed by atoms with Crippen molar-refractivity contribution in [1.82, 2.24) is 0 Å². The summed E-state index contributed by atoms with van der Waals surface area (Å²) in [5.41, 5.74) is 2.36. The normalized spacial score (nSPS) is 15.1. The number of hydrogen-bond acceptors (Lipinski definition) is 4. The maximum absolute atomic E-state index is 12.8. The molecule has 0 aliphatic carbocycles. The van der Waals surface area contributed by atoms with Gasteiger partial charge in [0.05, 0.1) is 15.1 Å². The molecule has 1 saturated heterocycles. The number of anilines is 1. The quantitative estimate of drug-likeness (QED) is 0.217. The SMILES string of the molecule is O=C1S/C(=C/c2ccc(OCc3ccc(I)cc3)c(Br)c2)C(=O)N1c1ccc(Cl)cc1. The third-order valence-electron chi connectivity index (χ3n) is 4.44. The van der Waals surface area contributed by atoms with Gasteiger partial charge >= 0.3 is 0 Å². The Labute approximate surface area is 210 Å². The van der Waals surface area contributed by atoms with Crippen molar-refractivity contribution in [2.45, 2.75) is 6.61 Å². The molecule has 3 aromatic carbocycles. The van der Waals surface area contributed by atoms with E-state index in [1.54, 1.807) is 30.3 Å². The number of hydrogen-bond donors (Lipinski definition) is 0. The van der Waals surface area contributed by atoms with Crippen LogP contribution < -0.4 is 9.64 Å². The van der Waals surface area contributed by atoms with Crippen molar-refractivity contribution in [3.05, 3.63) is 95.8 Å². The maximum atomic E-state index is 12.8. The summed E-state index contributed by atoms with van der Waals surface area (Å²) in [6, 6.07) is 20.3. The van der Waals surface area contributed by atoms with Gasteiger partial charge in [-0.1, -0.05) is 29.8 Å². The highest BCUT2D eigenvalue weighted by atomic mass is 127. The summed E-state index contributed by atoms with van der Waals surface area (Å²) >= 11 is 12.6. The minimum atomic E-state index is -0.354. The van der Waals surface area contributed by atoms with Gasteiger partial charge in [0.2, 0.25) is 0 Å². The monoisotopic (exact) mass is 625 g/mol. The number of benzene rings is 3. The zero-order valence-corrected chi connectivity index (χ0v) is 21.2. The van der Waals surface area contributed by atoms with Gasteiger partial charge in [-0.15, -0.1) is 0 Å². The van der Waals surface area contributed by atoms with Gasteiger partial charge in [-0.25, -0.2) is 4.90 Å². The number of thioether (sulfide) groups is 1. The van der Waals surface area contributed by atoms with Gasteiger partial charge in [-0.3, -0.25) is 9.59 Å². The molecule has 156 valence electrons. The average Bonchev–Trinajstić information content (AvgIpc) is 3.02. The molecule has 0 bridgehead atoms. The zero-order valence-electron chi connectivity index (χ0n) is 15.8. The standard InChI is InChI=1S/C23H14BrClINO3S/c24-19-11-15(3-10-20(19)30-13-14-1-6-17(26)7-2-14)12-21-22(28)27(23(29)31-21)18-8-4-16(25)5-9-18/h1-12H,13H2/b21-12+. The topological polar surface area (TPSA) is 46.6 Å². The Morgan fingerprint density at radius 1 is 1.03 bits per heavy atom. The van der Waals surface area contributed by atoms with Gasteiger partial charge in [-0.05, 0) is 116 Å². The molecule has 0 unspecified atom stereocenters. The van der Waals surface area contributed by atoms with Gasteiger partial charge in [0.15, 0.2) is 0 Å². The van der Waals surface area contributed by atoms with Crippen LogP contribution in [0.4, 0.5) is 10.5 Å². The fourth-order valence-electron chi connectivity index (χ4n) is 2.90. The molecular formula is C23H14BrClINO3S. The van der Waals surface area contributed by atoms with Crippen molar-refractivity contribution < 1.29 is 14.3 Å². The number of halogens is 3. The minimum Gasteiger partial charge on any atom is -0.488 e. The highest BCUT2D eigenvalue weighted by Crippen LogP contribution is 2.37. The van der Waals surface area contributed by atoms with Crippen molar-refractivity contribution in [3.63, 3.8) is 0 Å². The Morgan fingerprint density at radius 3 is 2.42 bits per heavy atom. The van der Waals surface area contributed by atoms with Crippen LogP contribution >= 0.6 is 61.9 Å². The van der Waals surface area contributed by atoms with E-state index in [0.29, 0.717) is 28.0 Å². The summed E-state index contributed by atoms with van der Waals surface area (Å²) in [6.07, 6.45) is 1.70. The highest BCUT2D eigenvalue weighted by molar-refractivity contribution is 14.1. The third-order valence-corrected chi connectivity index (χ3v) is 6.90. The molecule has 3 aromatic rings.